The summed E-state index contributed by atoms with van der Waals surface area (Å²) in [6.45, 7) is 7.68. The van der Waals surface area contributed by atoms with E-state index in [9.17, 15) is 35.9 Å². The predicted octanol–water partition coefficient (Wildman–Crippen LogP) is 6.28. The van der Waals surface area contributed by atoms with Gasteiger partial charge in [0.05, 0.1) is 11.1 Å². The van der Waals surface area contributed by atoms with Crippen molar-refractivity contribution in [1.29, 1.82) is 0 Å². The van der Waals surface area contributed by atoms with Gasteiger partial charge < -0.3 is 14.5 Å². The third-order valence-corrected chi connectivity index (χ3v) is 7.36. The number of carbonyl (C=O) groups excluding carboxylic acids is 2. The highest BCUT2D eigenvalue weighted by atomic mass is 19.4. The summed E-state index contributed by atoms with van der Waals surface area (Å²) in [4.78, 5) is 31.1. The van der Waals surface area contributed by atoms with Crippen molar-refractivity contribution in [2.24, 2.45) is 0 Å². The van der Waals surface area contributed by atoms with Crippen LogP contribution in [0.15, 0.2) is 48.5 Å². The standard InChI is InChI=1S/C29H33F6N3O3/c1-27(2,3)41-26(40)37-13-11-36(12-14-37)24-9-10-38(18-23(24)19-7-5-4-6-8-19)25(39)20-15-21(28(30,31)32)17-22(16-20)29(33,34)35/h4-8,15-17,23-24H,9-14,18H2,1-3H3. The smallest absolute Gasteiger partial charge is 0.416 e. The van der Waals surface area contributed by atoms with Crippen LogP contribution in [0.5, 0.6) is 0 Å². The minimum atomic E-state index is -5.04. The lowest BCUT2D eigenvalue weighted by molar-refractivity contribution is -0.143. The topological polar surface area (TPSA) is 53.1 Å². The van der Waals surface area contributed by atoms with E-state index in [1.54, 1.807) is 25.7 Å². The summed E-state index contributed by atoms with van der Waals surface area (Å²) < 4.78 is 85.9. The number of benzene rings is 2. The maximum Gasteiger partial charge on any atom is 0.416 e. The van der Waals surface area contributed by atoms with Crippen LogP contribution in [0.25, 0.3) is 0 Å². The molecule has 0 aliphatic carbocycles. The van der Waals surface area contributed by atoms with Crippen LogP contribution in [0.3, 0.4) is 0 Å². The van der Waals surface area contributed by atoms with Crippen molar-refractivity contribution < 1.29 is 40.7 Å². The van der Waals surface area contributed by atoms with Gasteiger partial charge in [-0.25, -0.2) is 4.79 Å². The maximum absolute atomic E-state index is 13.4. The molecule has 2 atom stereocenters. The van der Waals surface area contributed by atoms with Crippen LogP contribution < -0.4 is 0 Å². The lowest BCUT2D eigenvalue weighted by atomic mass is 9.84. The van der Waals surface area contributed by atoms with Crippen LogP contribution in [0.1, 0.15) is 60.2 Å². The van der Waals surface area contributed by atoms with Crippen molar-refractivity contribution in [3.8, 4) is 0 Å². The van der Waals surface area contributed by atoms with Crippen molar-refractivity contribution in [1.82, 2.24) is 14.7 Å². The van der Waals surface area contributed by atoms with Gasteiger partial charge >= 0.3 is 18.4 Å². The zero-order valence-electron chi connectivity index (χ0n) is 23.1. The van der Waals surface area contributed by atoms with Crippen molar-refractivity contribution >= 4 is 12.0 Å². The van der Waals surface area contributed by atoms with Crippen LogP contribution >= 0.6 is 0 Å². The largest absolute Gasteiger partial charge is 0.444 e. The number of halogens is 6. The van der Waals surface area contributed by atoms with E-state index in [1.165, 1.54) is 4.90 Å². The minimum Gasteiger partial charge on any atom is -0.444 e. The van der Waals surface area contributed by atoms with Crippen LogP contribution in [-0.4, -0.2) is 77.6 Å². The van der Waals surface area contributed by atoms with Gasteiger partial charge in [-0.2, -0.15) is 26.3 Å². The van der Waals surface area contributed by atoms with Gasteiger partial charge in [0.15, 0.2) is 0 Å². The molecule has 0 saturated carbocycles. The fraction of sp³-hybridized carbons (Fsp3) is 0.517. The number of amides is 2. The second kappa shape index (κ2) is 11.5. The molecule has 0 radical (unpaired) electrons. The highest BCUT2D eigenvalue weighted by Gasteiger charge is 2.41. The molecule has 2 unspecified atom stereocenters. The highest BCUT2D eigenvalue weighted by Crippen LogP contribution is 2.38. The molecule has 12 heteroatoms. The Morgan fingerprint density at radius 3 is 1.85 bits per heavy atom. The van der Waals surface area contributed by atoms with Gasteiger partial charge in [-0.15, -0.1) is 0 Å². The summed E-state index contributed by atoms with van der Waals surface area (Å²) in [6.07, 6.45) is -10.0. The summed E-state index contributed by atoms with van der Waals surface area (Å²) in [5.41, 5.74) is -3.40. The molecule has 2 fully saturated rings. The molecule has 2 aliphatic heterocycles. The van der Waals surface area contributed by atoms with Gasteiger partial charge in [-0.05, 0) is 51.0 Å². The molecule has 41 heavy (non-hydrogen) atoms. The third kappa shape index (κ3) is 7.52. The lowest BCUT2D eigenvalue weighted by Crippen LogP contribution is -2.57. The Morgan fingerprint density at radius 1 is 0.780 bits per heavy atom. The molecular weight excluding hydrogens is 552 g/mol. The number of piperazine rings is 1. The number of ether oxygens (including phenoxy) is 1. The second-order valence-corrected chi connectivity index (χ2v) is 11.4. The predicted molar refractivity (Wildman–Crippen MR) is 139 cm³/mol. The molecule has 0 N–H and O–H groups in total. The monoisotopic (exact) mass is 585 g/mol. The van der Waals surface area contributed by atoms with E-state index in [0.717, 1.165) is 5.56 Å². The fourth-order valence-corrected chi connectivity index (χ4v) is 5.41. The number of likely N-dealkylation sites (tertiary alicyclic amines) is 1. The molecule has 2 aromatic rings. The summed E-state index contributed by atoms with van der Waals surface area (Å²) in [5, 5.41) is 0. The van der Waals surface area contributed by atoms with E-state index in [4.69, 9.17) is 4.74 Å². The molecule has 6 nitrogen and oxygen atoms in total. The quantitative estimate of drug-likeness (QED) is 0.399. The Morgan fingerprint density at radius 2 is 1.34 bits per heavy atom. The molecule has 2 amide bonds. The first-order valence-corrected chi connectivity index (χ1v) is 13.4. The molecule has 4 rings (SSSR count). The van der Waals surface area contributed by atoms with Crippen molar-refractivity contribution in [3.05, 3.63) is 70.8 Å². The van der Waals surface area contributed by atoms with Crippen LogP contribution in [0.2, 0.25) is 0 Å². The average molecular weight is 586 g/mol. The third-order valence-electron chi connectivity index (χ3n) is 7.36. The molecule has 2 aliphatic rings. The maximum atomic E-state index is 13.4. The van der Waals surface area contributed by atoms with Crippen LogP contribution in [-0.2, 0) is 17.1 Å². The van der Waals surface area contributed by atoms with E-state index in [0.29, 0.717) is 44.7 Å². The summed E-state index contributed by atoms with van der Waals surface area (Å²) in [6, 6.07) is 10.3. The van der Waals surface area contributed by atoms with Gasteiger partial charge in [0, 0.05) is 56.8 Å². The molecule has 0 spiro atoms. The Kier molecular flexibility index (Phi) is 8.63. The van der Waals surface area contributed by atoms with Crippen LogP contribution in [0, 0.1) is 0 Å². The SMILES string of the molecule is CC(C)(C)OC(=O)N1CCN(C2CCN(C(=O)c3cc(C(F)(F)F)cc(C(F)(F)F)c3)CC2c2ccccc2)CC1. The van der Waals surface area contributed by atoms with Gasteiger partial charge in [-0.1, -0.05) is 30.3 Å². The number of nitrogens with zero attached hydrogens (tertiary/aromatic N) is 3. The number of hydrogen-bond acceptors (Lipinski definition) is 4. The second-order valence-electron chi connectivity index (χ2n) is 11.4. The molecule has 0 aromatic heterocycles. The number of hydrogen-bond donors (Lipinski definition) is 0. The Labute approximate surface area is 234 Å². The Bertz CT molecular complexity index is 1200. The average Bonchev–Trinajstić information content (AvgIpc) is 2.91. The van der Waals surface area contributed by atoms with Crippen molar-refractivity contribution in [2.75, 3.05) is 39.3 Å². The van der Waals surface area contributed by atoms with E-state index < -0.39 is 46.6 Å². The number of alkyl halides is 6. The van der Waals surface area contributed by atoms with E-state index in [-0.39, 0.29) is 31.1 Å². The van der Waals surface area contributed by atoms with Crippen molar-refractivity contribution in [2.45, 2.75) is 57.1 Å². The Hall–Kier alpha value is -3.28. The van der Waals surface area contributed by atoms with Gasteiger partial charge in [-0.3, -0.25) is 9.69 Å². The molecule has 2 saturated heterocycles. The minimum absolute atomic E-state index is 0.0205. The van der Waals surface area contributed by atoms with Crippen molar-refractivity contribution in [3.63, 3.8) is 0 Å². The molecular formula is C29H33F6N3O3. The van der Waals surface area contributed by atoms with E-state index >= 15 is 0 Å². The molecule has 224 valence electrons. The van der Waals surface area contributed by atoms with Gasteiger partial charge in [0.2, 0.25) is 0 Å². The Balaban J connectivity index is 1.55. The molecule has 0 bridgehead atoms. The zero-order valence-corrected chi connectivity index (χ0v) is 23.1. The number of rotatable bonds is 3. The van der Waals surface area contributed by atoms with Gasteiger partial charge in [0.25, 0.3) is 5.91 Å². The zero-order chi connectivity index (χ0) is 30.2. The first-order valence-electron chi connectivity index (χ1n) is 13.4. The highest BCUT2D eigenvalue weighted by molar-refractivity contribution is 5.95. The first-order chi connectivity index (χ1) is 19.0. The number of piperidine rings is 1. The fourth-order valence-electron chi connectivity index (χ4n) is 5.41. The van der Waals surface area contributed by atoms with E-state index in [2.05, 4.69) is 4.90 Å². The van der Waals surface area contributed by atoms with E-state index in [1.807, 2.05) is 30.3 Å². The summed E-state index contributed by atoms with van der Waals surface area (Å²) in [5.74, 6) is -1.12. The molecule has 2 aromatic carbocycles. The molecule has 2 heterocycles. The lowest BCUT2D eigenvalue weighted by Gasteiger charge is -2.47. The number of carbonyl (C=O) groups is 2. The van der Waals surface area contributed by atoms with Crippen LogP contribution in [0.4, 0.5) is 31.1 Å². The summed E-state index contributed by atoms with van der Waals surface area (Å²) in [7, 11) is 0. The normalized spacial score (nSPS) is 21.1. The van der Waals surface area contributed by atoms with Gasteiger partial charge in [0.1, 0.15) is 5.60 Å². The first kappa shape index (κ1) is 30.7. The summed E-state index contributed by atoms with van der Waals surface area (Å²) >= 11 is 0.